The Morgan fingerprint density at radius 2 is 1.72 bits per heavy atom. The molecule has 2 heterocycles. The molecule has 0 bridgehead atoms. The summed E-state index contributed by atoms with van der Waals surface area (Å²) in [5.74, 6) is 0.643. The Morgan fingerprint density at radius 3 is 2.20 bits per heavy atom. The summed E-state index contributed by atoms with van der Waals surface area (Å²) >= 11 is 3.28. The molecule has 1 amide bonds. The quantitative estimate of drug-likeness (QED) is 0.672. The Morgan fingerprint density at radius 1 is 1.08 bits per heavy atom. The van der Waals surface area contributed by atoms with E-state index in [1.54, 1.807) is 41.9 Å². The molecule has 3 rings (SSSR count). The van der Waals surface area contributed by atoms with Crippen LogP contribution in [0, 0.1) is 0 Å². The Bertz CT molecular complexity index is 777. The number of phenols is 1. The van der Waals surface area contributed by atoms with Gasteiger partial charge in [-0.1, -0.05) is 18.2 Å². The molecule has 0 aliphatic carbocycles. The molecule has 2 aromatic heterocycles. The van der Waals surface area contributed by atoms with E-state index in [1.165, 1.54) is 6.07 Å². The van der Waals surface area contributed by atoms with Crippen LogP contribution in [0.3, 0.4) is 0 Å². The molecule has 25 heavy (non-hydrogen) atoms. The van der Waals surface area contributed by atoms with Gasteiger partial charge in [-0.05, 0) is 29.0 Å². The number of phenolic OH excluding ortho intramolecular Hbond substituents is 1. The van der Waals surface area contributed by atoms with E-state index in [4.69, 9.17) is 4.74 Å². The first kappa shape index (κ1) is 17.5. The van der Waals surface area contributed by atoms with Crippen molar-refractivity contribution in [2.24, 2.45) is 0 Å². The van der Waals surface area contributed by atoms with Crippen molar-refractivity contribution < 1.29 is 14.6 Å². The van der Waals surface area contributed by atoms with Crippen molar-refractivity contribution in [3.8, 4) is 11.5 Å². The van der Waals surface area contributed by atoms with Crippen LogP contribution in [0.15, 0.2) is 53.2 Å². The average molecular weight is 373 g/mol. The molecular weight excluding hydrogens is 354 g/mol. The van der Waals surface area contributed by atoms with Gasteiger partial charge in [0, 0.05) is 21.4 Å². The number of ether oxygens (including phenoxy) is 1. The minimum atomic E-state index is -0.0118. The summed E-state index contributed by atoms with van der Waals surface area (Å²) in [6.07, 6.45) is 0.159. The third-order valence-corrected chi connectivity index (χ3v) is 5.56. The third-order valence-electron chi connectivity index (χ3n) is 3.84. The third kappa shape index (κ3) is 4.61. The van der Waals surface area contributed by atoms with Crippen LogP contribution in [0.25, 0.3) is 0 Å². The summed E-state index contributed by atoms with van der Waals surface area (Å²) in [6, 6.07) is 13.1. The van der Waals surface area contributed by atoms with Gasteiger partial charge in [0.05, 0.1) is 26.6 Å². The number of hydrogen-bond acceptors (Lipinski definition) is 5. The molecule has 0 saturated carbocycles. The minimum absolute atomic E-state index is 0.0118. The van der Waals surface area contributed by atoms with E-state index in [9.17, 15) is 9.90 Å². The van der Waals surface area contributed by atoms with Gasteiger partial charge in [0.1, 0.15) is 11.5 Å². The number of aromatic hydroxyl groups is 1. The van der Waals surface area contributed by atoms with E-state index in [1.807, 2.05) is 39.9 Å². The lowest BCUT2D eigenvalue weighted by molar-refractivity contribution is -0.131. The largest absolute Gasteiger partial charge is 0.508 e. The van der Waals surface area contributed by atoms with Crippen molar-refractivity contribution in [2.45, 2.75) is 19.5 Å². The zero-order valence-corrected chi connectivity index (χ0v) is 15.5. The van der Waals surface area contributed by atoms with E-state index in [0.29, 0.717) is 24.4 Å². The van der Waals surface area contributed by atoms with Crippen LogP contribution in [0.4, 0.5) is 0 Å². The van der Waals surface area contributed by atoms with Crippen molar-refractivity contribution in [1.82, 2.24) is 4.90 Å². The highest BCUT2D eigenvalue weighted by molar-refractivity contribution is 7.10. The van der Waals surface area contributed by atoms with Crippen LogP contribution in [-0.4, -0.2) is 23.0 Å². The van der Waals surface area contributed by atoms with Crippen LogP contribution in [0.1, 0.15) is 15.3 Å². The van der Waals surface area contributed by atoms with Gasteiger partial charge < -0.3 is 14.7 Å². The fourth-order valence-electron chi connectivity index (χ4n) is 2.51. The van der Waals surface area contributed by atoms with E-state index >= 15 is 0 Å². The van der Waals surface area contributed by atoms with Gasteiger partial charge in [0.15, 0.2) is 0 Å². The second-order valence-electron chi connectivity index (χ2n) is 5.58. The van der Waals surface area contributed by atoms with Gasteiger partial charge in [-0.25, -0.2) is 0 Å². The highest BCUT2D eigenvalue weighted by Gasteiger charge is 2.18. The molecule has 0 radical (unpaired) electrons. The van der Waals surface area contributed by atoms with Crippen molar-refractivity contribution in [2.75, 3.05) is 7.11 Å². The van der Waals surface area contributed by atoms with Crippen LogP contribution in [0.2, 0.25) is 0 Å². The number of amides is 1. The van der Waals surface area contributed by atoms with E-state index < -0.39 is 0 Å². The van der Waals surface area contributed by atoms with Crippen LogP contribution in [-0.2, 0) is 24.3 Å². The smallest absolute Gasteiger partial charge is 0.227 e. The summed E-state index contributed by atoms with van der Waals surface area (Å²) < 4.78 is 5.09. The van der Waals surface area contributed by atoms with Gasteiger partial charge >= 0.3 is 0 Å². The maximum Gasteiger partial charge on any atom is 0.227 e. The van der Waals surface area contributed by atoms with Crippen LogP contribution >= 0.6 is 22.7 Å². The monoisotopic (exact) mass is 373 g/mol. The van der Waals surface area contributed by atoms with Crippen molar-refractivity contribution in [1.29, 1.82) is 0 Å². The summed E-state index contributed by atoms with van der Waals surface area (Å²) in [7, 11) is 1.55. The predicted molar refractivity (Wildman–Crippen MR) is 101 cm³/mol. The van der Waals surface area contributed by atoms with Crippen LogP contribution < -0.4 is 4.74 Å². The molecule has 0 aliphatic rings. The van der Waals surface area contributed by atoms with Crippen LogP contribution in [0.5, 0.6) is 11.5 Å². The maximum atomic E-state index is 12.9. The number of methoxy groups -OCH3 is 1. The normalized spacial score (nSPS) is 10.6. The molecule has 0 spiro atoms. The predicted octanol–water partition coefficient (Wildman–Crippen LogP) is 4.30. The molecule has 3 aromatic rings. The summed E-state index contributed by atoms with van der Waals surface area (Å²) in [5, 5.41) is 14.1. The van der Waals surface area contributed by atoms with Gasteiger partial charge in [-0.15, -0.1) is 22.7 Å². The van der Waals surface area contributed by atoms with Gasteiger partial charge in [0.2, 0.25) is 5.91 Å². The van der Waals surface area contributed by atoms with Crippen molar-refractivity contribution in [3.63, 3.8) is 0 Å². The first-order valence-corrected chi connectivity index (χ1v) is 9.60. The highest BCUT2D eigenvalue weighted by Crippen LogP contribution is 2.25. The minimum Gasteiger partial charge on any atom is -0.508 e. The Balaban J connectivity index is 1.76. The Hall–Kier alpha value is -2.31. The van der Waals surface area contributed by atoms with E-state index in [2.05, 4.69) is 0 Å². The highest BCUT2D eigenvalue weighted by atomic mass is 32.1. The first-order valence-electron chi connectivity index (χ1n) is 7.84. The standard InChI is InChI=1S/C19H19NO3S2/c1-23-15-7-6-14(18(21)11-15)10-19(22)20(12-16-4-2-8-24-16)13-17-5-3-9-25-17/h2-9,11,21H,10,12-13H2,1H3. The summed E-state index contributed by atoms with van der Waals surface area (Å²) in [4.78, 5) is 17.0. The zero-order chi connectivity index (χ0) is 17.6. The number of benzene rings is 1. The molecule has 0 atom stereocenters. The molecule has 6 heteroatoms. The second kappa shape index (κ2) is 8.18. The number of nitrogens with zero attached hydrogens (tertiary/aromatic N) is 1. The zero-order valence-electron chi connectivity index (χ0n) is 13.8. The van der Waals surface area contributed by atoms with E-state index in [-0.39, 0.29) is 18.1 Å². The molecule has 0 unspecified atom stereocenters. The molecule has 1 N–H and O–H groups in total. The molecule has 0 aliphatic heterocycles. The molecule has 0 fully saturated rings. The lowest BCUT2D eigenvalue weighted by Gasteiger charge is -2.22. The van der Waals surface area contributed by atoms with Crippen molar-refractivity contribution in [3.05, 3.63) is 68.5 Å². The number of thiophene rings is 2. The number of carbonyl (C=O) groups is 1. The molecule has 130 valence electrons. The Labute approximate surface area is 154 Å². The fourth-order valence-corrected chi connectivity index (χ4v) is 3.95. The summed E-state index contributed by atoms with van der Waals surface area (Å²) in [5.41, 5.74) is 0.605. The van der Waals surface area contributed by atoms with Gasteiger partial charge in [-0.3, -0.25) is 4.79 Å². The lowest BCUT2D eigenvalue weighted by Crippen LogP contribution is -2.30. The maximum absolute atomic E-state index is 12.9. The average Bonchev–Trinajstić information content (AvgIpc) is 3.30. The molecule has 1 aromatic carbocycles. The molecule has 0 saturated heterocycles. The number of carbonyl (C=O) groups excluding carboxylic acids is 1. The van der Waals surface area contributed by atoms with Gasteiger partial charge in [-0.2, -0.15) is 0 Å². The second-order valence-corrected chi connectivity index (χ2v) is 7.64. The Kier molecular flexibility index (Phi) is 5.73. The van der Waals surface area contributed by atoms with Gasteiger partial charge in [0.25, 0.3) is 0 Å². The molecular formula is C19H19NO3S2. The number of rotatable bonds is 7. The summed E-state index contributed by atoms with van der Waals surface area (Å²) in [6.45, 7) is 1.15. The first-order chi connectivity index (χ1) is 12.2. The SMILES string of the molecule is COc1ccc(CC(=O)N(Cc2cccs2)Cc2cccs2)c(O)c1. The fraction of sp³-hybridized carbons (Fsp3) is 0.211. The number of hydrogen-bond donors (Lipinski definition) is 1. The topological polar surface area (TPSA) is 49.8 Å². The van der Waals surface area contributed by atoms with Crippen molar-refractivity contribution >= 4 is 28.6 Å². The van der Waals surface area contributed by atoms with E-state index in [0.717, 1.165) is 9.75 Å². The molecule has 4 nitrogen and oxygen atoms in total. The lowest BCUT2D eigenvalue weighted by atomic mass is 10.1.